The highest BCUT2D eigenvalue weighted by Crippen LogP contribution is 2.48. The van der Waals surface area contributed by atoms with Crippen LogP contribution in [0.4, 0.5) is 11.4 Å². The van der Waals surface area contributed by atoms with Crippen LogP contribution in [0.2, 0.25) is 0 Å². The highest BCUT2D eigenvalue weighted by atomic mass is 16.7. The van der Waals surface area contributed by atoms with E-state index in [4.69, 9.17) is 19.0 Å². The third-order valence-corrected chi connectivity index (χ3v) is 6.82. The maximum atomic E-state index is 13.9. The summed E-state index contributed by atoms with van der Waals surface area (Å²) >= 11 is 0. The van der Waals surface area contributed by atoms with E-state index in [2.05, 4.69) is 6.92 Å². The first-order valence-corrected chi connectivity index (χ1v) is 13.0. The second-order valence-electron chi connectivity index (χ2n) is 9.21. The van der Waals surface area contributed by atoms with E-state index in [1.54, 1.807) is 36.4 Å². The van der Waals surface area contributed by atoms with Crippen molar-refractivity contribution in [2.24, 2.45) is 5.92 Å². The van der Waals surface area contributed by atoms with Crippen molar-refractivity contribution in [3.8, 4) is 17.2 Å². The summed E-state index contributed by atoms with van der Waals surface area (Å²) in [6, 6.07) is 21.5. The smallest absolute Gasteiger partial charge is 0.266 e. The van der Waals surface area contributed by atoms with E-state index >= 15 is 0 Å². The van der Waals surface area contributed by atoms with Crippen molar-refractivity contribution in [3.63, 3.8) is 0 Å². The summed E-state index contributed by atoms with van der Waals surface area (Å²) in [5.41, 5.74) is 2.04. The van der Waals surface area contributed by atoms with Crippen LogP contribution in [0, 0.1) is 5.92 Å². The summed E-state index contributed by atoms with van der Waals surface area (Å²) in [5.74, 6) is 0.446. The second kappa shape index (κ2) is 11.1. The second-order valence-corrected chi connectivity index (χ2v) is 9.21. The quantitative estimate of drug-likeness (QED) is 0.266. The van der Waals surface area contributed by atoms with Gasteiger partial charge in [0.1, 0.15) is 11.7 Å². The van der Waals surface area contributed by atoms with Crippen molar-refractivity contribution in [3.05, 3.63) is 78.4 Å². The number of anilines is 2. The molecule has 2 saturated heterocycles. The number of hydrogen-bond donors (Lipinski definition) is 0. The first kappa shape index (κ1) is 25.6. The van der Waals surface area contributed by atoms with E-state index in [-0.39, 0.29) is 5.91 Å². The molecule has 0 saturated carbocycles. The molecule has 5 rings (SSSR count). The molecule has 0 aromatic heterocycles. The van der Waals surface area contributed by atoms with Crippen LogP contribution >= 0.6 is 0 Å². The third-order valence-electron chi connectivity index (χ3n) is 6.82. The Balaban J connectivity index is 1.54. The zero-order chi connectivity index (χ0) is 26.6. The third kappa shape index (κ3) is 4.67. The van der Waals surface area contributed by atoms with Crippen LogP contribution in [-0.2, 0) is 14.4 Å². The van der Waals surface area contributed by atoms with Gasteiger partial charge < -0.3 is 14.2 Å². The van der Waals surface area contributed by atoms with Crippen LogP contribution < -0.4 is 24.2 Å². The van der Waals surface area contributed by atoms with Gasteiger partial charge in [-0.3, -0.25) is 14.4 Å². The van der Waals surface area contributed by atoms with Gasteiger partial charge in [-0.25, -0.2) is 9.96 Å². The maximum absolute atomic E-state index is 13.9. The SMILES string of the molecule is CCCCOc1ccc([C@H]2[C@H]3C(=O)N(c4ccc(OC)cc4)C(=O)[C@@H]3ON2c2ccccc2)cc1OCC. The molecule has 3 atom stereocenters. The van der Waals surface area contributed by atoms with Gasteiger partial charge in [0.2, 0.25) is 5.91 Å². The Morgan fingerprint density at radius 2 is 1.61 bits per heavy atom. The minimum Gasteiger partial charge on any atom is -0.497 e. The number of amides is 2. The van der Waals surface area contributed by atoms with E-state index in [0.29, 0.717) is 36.1 Å². The van der Waals surface area contributed by atoms with Gasteiger partial charge in [0.05, 0.1) is 37.7 Å². The molecular formula is C30H32N2O6. The summed E-state index contributed by atoms with van der Waals surface area (Å²) in [4.78, 5) is 34.9. The van der Waals surface area contributed by atoms with Crippen LogP contribution in [0.25, 0.3) is 0 Å². The molecule has 0 spiro atoms. The van der Waals surface area contributed by atoms with Crippen molar-refractivity contribution in [1.82, 2.24) is 0 Å². The van der Waals surface area contributed by atoms with E-state index in [9.17, 15) is 9.59 Å². The molecule has 0 radical (unpaired) electrons. The number of fused-ring (bicyclic) bond motifs is 1. The average Bonchev–Trinajstić information content (AvgIpc) is 3.46. The number of benzene rings is 3. The standard InChI is InChI=1S/C30H32N2O6/c1-4-6-18-37-24-17-12-20(19-25(24)36-5-2)27-26-28(38-32(27)22-10-8-7-9-11-22)30(34)31(29(26)33)21-13-15-23(35-3)16-14-21/h7-17,19,26-28H,4-6,18H2,1-3H3/t26-,27+,28-/m1/s1. The lowest BCUT2D eigenvalue weighted by molar-refractivity contribution is -0.126. The number of carbonyl (C=O) groups is 2. The first-order valence-electron chi connectivity index (χ1n) is 13.0. The molecule has 2 aliphatic heterocycles. The zero-order valence-electron chi connectivity index (χ0n) is 21.8. The zero-order valence-corrected chi connectivity index (χ0v) is 21.8. The minimum atomic E-state index is -0.953. The molecule has 2 amide bonds. The van der Waals surface area contributed by atoms with Gasteiger partial charge in [-0.2, -0.15) is 0 Å². The molecule has 3 aromatic rings. The highest BCUT2D eigenvalue weighted by Gasteiger charge is 2.60. The van der Waals surface area contributed by atoms with Gasteiger partial charge in [0.25, 0.3) is 5.91 Å². The van der Waals surface area contributed by atoms with Gasteiger partial charge in [0.15, 0.2) is 17.6 Å². The number of methoxy groups -OCH3 is 1. The number of hydrogen-bond acceptors (Lipinski definition) is 7. The average molecular weight is 517 g/mol. The fourth-order valence-electron chi connectivity index (χ4n) is 4.96. The predicted octanol–water partition coefficient (Wildman–Crippen LogP) is 5.32. The van der Waals surface area contributed by atoms with Gasteiger partial charge in [-0.05, 0) is 67.4 Å². The molecule has 0 bridgehead atoms. The molecule has 8 nitrogen and oxygen atoms in total. The van der Waals surface area contributed by atoms with Crippen LogP contribution in [0.1, 0.15) is 38.3 Å². The van der Waals surface area contributed by atoms with Crippen molar-refractivity contribution >= 4 is 23.2 Å². The molecule has 3 aromatic carbocycles. The summed E-state index contributed by atoms with van der Waals surface area (Å²) in [7, 11) is 1.57. The number of para-hydroxylation sites is 1. The van der Waals surface area contributed by atoms with Crippen molar-refractivity contribution < 1.29 is 28.6 Å². The summed E-state index contributed by atoms with van der Waals surface area (Å²) in [6.45, 7) is 5.08. The van der Waals surface area contributed by atoms with Crippen molar-refractivity contribution in [2.45, 2.75) is 38.8 Å². The normalized spacial score (nSPS) is 20.6. The number of ether oxygens (including phenoxy) is 3. The Kier molecular flexibility index (Phi) is 7.51. The monoisotopic (exact) mass is 516 g/mol. The van der Waals surface area contributed by atoms with Crippen molar-refractivity contribution in [2.75, 3.05) is 30.3 Å². The summed E-state index contributed by atoms with van der Waals surface area (Å²) in [6.07, 6.45) is 1.01. The molecular weight excluding hydrogens is 484 g/mol. The minimum absolute atomic E-state index is 0.310. The Bertz CT molecular complexity index is 1280. The summed E-state index contributed by atoms with van der Waals surface area (Å²) in [5, 5.41) is 1.68. The van der Waals surface area contributed by atoms with E-state index in [1.165, 1.54) is 4.90 Å². The lowest BCUT2D eigenvalue weighted by Crippen LogP contribution is -2.37. The van der Waals surface area contributed by atoms with Gasteiger partial charge in [0, 0.05) is 0 Å². The van der Waals surface area contributed by atoms with E-state index < -0.39 is 24.0 Å². The predicted molar refractivity (Wildman–Crippen MR) is 144 cm³/mol. The fraction of sp³-hybridized carbons (Fsp3) is 0.333. The molecule has 8 heteroatoms. The Morgan fingerprint density at radius 3 is 2.29 bits per heavy atom. The van der Waals surface area contributed by atoms with Gasteiger partial charge in [-0.15, -0.1) is 0 Å². The number of unbranched alkanes of at least 4 members (excludes halogenated alkanes) is 1. The maximum Gasteiger partial charge on any atom is 0.266 e. The molecule has 198 valence electrons. The number of rotatable bonds is 10. The van der Waals surface area contributed by atoms with Crippen molar-refractivity contribution in [1.29, 1.82) is 0 Å². The number of nitrogens with zero attached hydrogens (tertiary/aromatic N) is 2. The lowest BCUT2D eigenvalue weighted by Gasteiger charge is -2.29. The van der Waals surface area contributed by atoms with E-state index in [0.717, 1.165) is 24.1 Å². The molecule has 2 fully saturated rings. The summed E-state index contributed by atoms with van der Waals surface area (Å²) < 4.78 is 17.1. The molecule has 0 aliphatic carbocycles. The fourth-order valence-corrected chi connectivity index (χ4v) is 4.96. The molecule has 0 unspecified atom stereocenters. The van der Waals surface area contributed by atoms with Crippen LogP contribution in [-0.4, -0.2) is 38.2 Å². The first-order chi connectivity index (χ1) is 18.6. The topological polar surface area (TPSA) is 77.5 Å². The molecule has 38 heavy (non-hydrogen) atoms. The highest BCUT2D eigenvalue weighted by molar-refractivity contribution is 6.23. The molecule has 2 heterocycles. The van der Waals surface area contributed by atoms with Crippen LogP contribution in [0.3, 0.4) is 0 Å². The number of carbonyl (C=O) groups excluding carboxylic acids is 2. The largest absolute Gasteiger partial charge is 0.497 e. The number of imide groups is 1. The van der Waals surface area contributed by atoms with E-state index in [1.807, 2.05) is 55.5 Å². The Hall–Kier alpha value is -4.04. The Morgan fingerprint density at radius 1 is 0.842 bits per heavy atom. The van der Waals surface area contributed by atoms with Crippen LogP contribution in [0.15, 0.2) is 72.8 Å². The van der Waals surface area contributed by atoms with Gasteiger partial charge >= 0.3 is 0 Å². The lowest BCUT2D eigenvalue weighted by atomic mass is 9.90. The Labute approximate surface area is 222 Å². The number of hydroxylamine groups is 1. The molecule has 0 N–H and O–H groups in total. The van der Waals surface area contributed by atoms with Gasteiger partial charge in [-0.1, -0.05) is 37.6 Å². The van der Waals surface area contributed by atoms with Crippen LogP contribution in [0.5, 0.6) is 17.2 Å². The molecule has 2 aliphatic rings.